The first-order valence-electron chi connectivity index (χ1n) is 5.60. The number of aromatic carboxylic acids is 1. The minimum absolute atomic E-state index is 0.0197. The van der Waals surface area contributed by atoms with Gasteiger partial charge in [0, 0.05) is 11.8 Å². The molecule has 0 unspecified atom stereocenters. The van der Waals surface area contributed by atoms with Crippen molar-refractivity contribution in [2.45, 2.75) is 6.61 Å². The van der Waals surface area contributed by atoms with Gasteiger partial charge in [0.1, 0.15) is 18.2 Å². The van der Waals surface area contributed by atoms with Crippen LogP contribution in [0.3, 0.4) is 0 Å². The average Bonchev–Trinajstić information content (AvgIpc) is 2.46. The topological polar surface area (TPSA) is 83.2 Å². The highest BCUT2D eigenvalue weighted by Crippen LogP contribution is 2.16. The van der Waals surface area contributed by atoms with Crippen molar-refractivity contribution in [2.24, 2.45) is 0 Å². The van der Waals surface area contributed by atoms with Gasteiger partial charge in [-0.05, 0) is 24.3 Å². The summed E-state index contributed by atoms with van der Waals surface area (Å²) in [5, 5.41) is 17.6. The minimum atomic E-state index is -1.12. The molecule has 0 aliphatic carbocycles. The van der Waals surface area contributed by atoms with E-state index in [1.807, 2.05) is 6.07 Å². The number of aromatic nitrogens is 1. The van der Waals surface area contributed by atoms with E-state index in [1.54, 1.807) is 0 Å². The van der Waals surface area contributed by atoms with E-state index in [2.05, 4.69) is 4.98 Å². The van der Waals surface area contributed by atoms with Crippen molar-refractivity contribution in [1.29, 1.82) is 5.26 Å². The fourth-order valence-corrected chi connectivity index (χ4v) is 1.53. The van der Waals surface area contributed by atoms with Crippen LogP contribution in [0.25, 0.3) is 0 Å². The van der Waals surface area contributed by atoms with E-state index < -0.39 is 11.8 Å². The first kappa shape index (κ1) is 13.5. The number of halogens is 1. The predicted octanol–water partition coefficient (Wildman–Crippen LogP) is 2.37. The fourth-order valence-electron chi connectivity index (χ4n) is 1.53. The van der Waals surface area contributed by atoms with Crippen LogP contribution in [0, 0.1) is 17.1 Å². The third-order valence-corrected chi connectivity index (χ3v) is 2.53. The Kier molecular flexibility index (Phi) is 3.91. The van der Waals surface area contributed by atoms with Crippen LogP contribution >= 0.6 is 0 Å². The number of rotatable bonds is 4. The summed E-state index contributed by atoms with van der Waals surface area (Å²) in [5.74, 6) is -1.40. The number of carbonyl (C=O) groups is 1. The molecule has 1 aromatic carbocycles. The second kappa shape index (κ2) is 5.80. The molecule has 0 aliphatic rings. The number of nitrogens with zero attached hydrogens (tertiary/aromatic N) is 2. The molecule has 0 fully saturated rings. The maximum Gasteiger partial charge on any atom is 0.337 e. The molecule has 0 saturated heterocycles. The van der Waals surface area contributed by atoms with Gasteiger partial charge in [-0.15, -0.1) is 0 Å². The zero-order chi connectivity index (χ0) is 14.5. The van der Waals surface area contributed by atoms with Crippen molar-refractivity contribution in [3.8, 4) is 11.8 Å². The number of benzene rings is 1. The molecule has 1 aromatic heterocycles. The molecular weight excluding hydrogens is 263 g/mol. The minimum Gasteiger partial charge on any atom is -0.487 e. The molecule has 100 valence electrons. The highest BCUT2D eigenvalue weighted by Gasteiger charge is 2.07. The monoisotopic (exact) mass is 272 g/mol. The van der Waals surface area contributed by atoms with E-state index in [4.69, 9.17) is 15.1 Å². The van der Waals surface area contributed by atoms with E-state index in [0.29, 0.717) is 5.56 Å². The molecule has 0 spiro atoms. The van der Waals surface area contributed by atoms with Gasteiger partial charge in [0.25, 0.3) is 0 Å². The van der Waals surface area contributed by atoms with Gasteiger partial charge in [-0.2, -0.15) is 5.26 Å². The maximum atomic E-state index is 13.5. The highest BCUT2D eigenvalue weighted by molar-refractivity contribution is 5.87. The van der Waals surface area contributed by atoms with Crippen molar-refractivity contribution < 1.29 is 19.0 Å². The largest absolute Gasteiger partial charge is 0.487 e. The van der Waals surface area contributed by atoms with Crippen LogP contribution in [0.2, 0.25) is 0 Å². The smallest absolute Gasteiger partial charge is 0.337 e. The molecule has 0 bridgehead atoms. The molecule has 0 aliphatic heterocycles. The third kappa shape index (κ3) is 3.09. The Morgan fingerprint density at radius 2 is 2.20 bits per heavy atom. The number of carboxylic acid groups (broad SMARTS) is 1. The molecule has 0 saturated carbocycles. The van der Waals surface area contributed by atoms with Crippen molar-refractivity contribution >= 4 is 5.97 Å². The van der Waals surface area contributed by atoms with E-state index in [9.17, 15) is 9.18 Å². The maximum absolute atomic E-state index is 13.5. The van der Waals surface area contributed by atoms with Gasteiger partial charge in [0.15, 0.2) is 0 Å². The van der Waals surface area contributed by atoms with Crippen molar-refractivity contribution in [3.63, 3.8) is 0 Å². The van der Waals surface area contributed by atoms with Gasteiger partial charge in [-0.25, -0.2) is 9.18 Å². The molecule has 20 heavy (non-hydrogen) atoms. The summed E-state index contributed by atoms with van der Waals surface area (Å²) in [6.45, 7) is -0.119. The molecular formula is C14H9FN2O3. The normalized spacial score (nSPS) is 9.80. The summed E-state index contributed by atoms with van der Waals surface area (Å²) in [5.41, 5.74) is 0.515. The standard InChI is InChI=1S/C14H9FN2O3/c15-13-2-1-9(5-16)3-11(13)8-20-12-4-10(14(18)19)6-17-7-12/h1-4,6-7H,8H2,(H,18,19). The molecule has 2 rings (SSSR count). The molecule has 0 atom stereocenters. The van der Waals surface area contributed by atoms with Crippen molar-refractivity contribution in [1.82, 2.24) is 4.98 Å². The van der Waals surface area contributed by atoms with Crippen LogP contribution in [-0.2, 0) is 6.61 Å². The molecule has 2 aromatic rings. The quantitative estimate of drug-likeness (QED) is 0.923. The first-order valence-corrected chi connectivity index (χ1v) is 5.60. The summed E-state index contributed by atoms with van der Waals surface area (Å²) in [6.07, 6.45) is 2.52. The molecule has 1 N–H and O–H groups in total. The SMILES string of the molecule is N#Cc1ccc(F)c(COc2cncc(C(=O)O)c2)c1. The number of hydrogen-bond donors (Lipinski definition) is 1. The van der Waals surface area contributed by atoms with Gasteiger partial charge in [-0.1, -0.05) is 0 Å². The average molecular weight is 272 g/mol. The Hall–Kier alpha value is -2.94. The van der Waals surface area contributed by atoms with Gasteiger partial charge in [0.05, 0.1) is 23.4 Å². The fraction of sp³-hybridized carbons (Fsp3) is 0.0714. The summed E-state index contributed by atoms with van der Waals surface area (Å²) < 4.78 is 18.8. The van der Waals surface area contributed by atoms with Crippen LogP contribution in [-0.4, -0.2) is 16.1 Å². The Labute approximate surface area is 113 Å². The van der Waals surface area contributed by atoms with Gasteiger partial charge in [0.2, 0.25) is 0 Å². The zero-order valence-corrected chi connectivity index (χ0v) is 10.2. The number of hydrogen-bond acceptors (Lipinski definition) is 4. The van der Waals surface area contributed by atoms with Gasteiger partial charge >= 0.3 is 5.97 Å². The summed E-state index contributed by atoms with van der Waals surface area (Å²) in [6, 6.07) is 7.13. The summed E-state index contributed by atoms with van der Waals surface area (Å²) in [7, 11) is 0. The van der Waals surface area contributed by atoms with Crippen LogP contribution in [0.1, 0.15) is 21.5 Å². The first-order chi connectivity index (χ1) is 9.60. The lowest BCUT2D eigenvalue weighted by Crippen LogP contribution is -2.02. The van der Waals surface area contributed by atoms with E-state index >= 15 is 0 Å². The number of ether oxygens (including phenoxy) is 1. The van der Waals surface area contributed by atoms with Crippen LogP contribution < -0.4 is 4.74 Å². The van der Waals surface area contributed by atoms with Crippen LogP contribution in [0.4, 0.5) is 4.39 Å². The summed E-state index contributed by atoms with van der Waals surface area (Å²) >= 11 is 0. The Bertz CT molecular complexity index is 695. The van der Waals surface area contributed by atoms with Crippen LogP contribution in [0.15, 0.2) is 36.7 Å². The Balaban J connectivity index is 2.15. The molecule has 0 amide bonds. The van der Waals surface area contributed by atoms with E-state index in [0.717, 1.165) is 0 Å². The van der Waals surface area contributed by atoms with Gasteiger partial charge in [-0.3, -0.25) is 4.98 Å². The lowest BCUT2D eigenvalue weighted by Gasteiger charge is -2.07. The van der Waals surface area contributed by atoms with Crippen LogP contribution in [0.5, 0.6) is 5.75 Å². The van der Waals surface area contributed by atoms with Crippen molar-refractivity contribution in [3.05, 3.63) is 59.2 Å². The highest BCUT2D eigenvalue weighted by atomic mass is 19.1. The summed E-state index contributed by atoms with van der Waals surface area (Å²) in [4.78, 5) is 14.5. The van der Waals surface area contributed by atoms with E-state index in [1.165, 1.54) is 36.7 Å². The molecule has 1 heterocycles. The lowest BCUT2D eigenvalue weighted by atomic mass is 10.1. The zero-order valence-electron chi connectivity index (χ0n) is 10.2. The third-order valence-electron chi connectivity index (χ3n) is 2.53. The predicted molar refractivity (Wildman–Crippen MR) is 66.6 cm³/mol. The van der Waals surface area contributed by atoms with E-state index in [-0.39, 0.29) is 23.5 Å². The second-order valence-electron chi connectivity index (χ2n) is 3.92. The Morgan fingerprint density at radius 1 is 1.40 bits per heavy atom. The second-order valence-corrected chi connectivity index (χ2v) is 3.92. The number of pyridine rings is 1. The molecule has 0 radical (unpaired) electrons. The number of carboxylic acids is 1. The van der Waals surface area contributed by atoms with Crippen molar-refractivity contribution in [2.75, 3.05) is 0 Å². The molecule has 5 nitrogen and oxygen atoms in total. The lowest BCUT2D eigenvalue weighted by molar-refractivity contribution is 0.0696. The van der Waals surface area contributed by atoms with Gasteiger partial charge < -0.3 is 9.84 Å². The molecule has 6 heteroatoms. The number of nitriles is 1. The Morgan fingerprint density at radius 3 is 2.90 bits per heavy atom.